The number of aliphatic hydroxyl groups excluding tert-OH is 2. The van der Waals surface area contributed by atoms with Gasteiger partial charge in [-0.05, 0) is 60.0 Å². The molecule has 0 unspecified atom stereocenters. The Morgan fingerprint density at radius 3 is 2.23 bits per heavy atom. The summed E-state index contributed by atoms with van der Waals surface area (Å²) in [5, 5.41) is 34.5. The second-order valence-electron chi connectivity index (χ2n) is 16.0. The Balaban J connectivity index is 2.01. The number of carbonyl (C=O) groups excluding carboxylic acids is 4. The van der Waals surface area contributed by atoms with Crippen molar-refractivity contribution in [2.24, 2.45) is 11.8 Å². The van der Waals surface area contributed by atoms with Crippen LogP contribution in [0.2, 0.25) is 0 Å². The maximum atomic E-state index is 13.3. The molecule has 0 aromatic rings. The zero-order valence-electron chi connectivity index (χ0n) is 35.2. The molecule has 0 aliphatic carbocycles. The second-order valence-corrected chi connectivity index (χ2v) is 16.0. The Hall–Kier alpha value is -2.80. The molecule has 0 aromatic heterocycles. The number of aldehydes is 1. The predicted molar refractivity (Wildman–Crippen MR) is 205 cm³/mol. The van der Waals surface area contributed by atoms with Gasteiger partial charge in [0.05, 0.1) is 36.9 Å². The number of cyclic esters (lactones) is 1. The molecule has 2 saturated heterocycles. The van der Waals surface area contributed by atoms with Crippen LogP contribution >= 0.6 is 0 Å². The third-order valence-electron chi connectivity index (χ3n) is 10.9. The number of esters is 3. The zero-order valence-corrected chi connectivity index (χ0v) is 35.2. The topological polar surface area (TPSA) is 206 Å². The van der Waals surface area contributed by atoms with Gasteiger partial charge in [0.25, 0.3) is 0 Å². The third kappa shape index (κ3) is 13.6. The standard InChI is InChI=1S/C41H67NO15/c1-11-30(45)54-29-21-32(47)51-24(4)16-14-13-15-17-28(44)23(3)20-27(18-19-43)37(38(29)50-10)57-40-35(48)34(42(8)9)36(25(5)53-40)56-33-22-41(7,49)39(26(6)52-33)55-31(46)12-2/h13-15,17,19,23-29,33-40,44,48-49H,11-12,16,18,20-22H2,1-10H3/b14-13-,17-15+/t23-,24-,25-,26+,27+,28+,29-,33+,34-,35-,36-,37-,38+,39+,40+,41-/m1/s1. The maximum absolute atomic E-state index is 13.3. The fourth-order valence-electron chi connectivity index (χ4n) is 7.82. The van der Waals surface area contributed by atoms with E-state index < -0.39 is 121 Å². The van der Waals surface area contributed by atoms with Crippen molar-refractivity contribution < 1.29 is 72.4 Å². The molecular weight excluding hydrogens is 746 g/mol. The van der Waals surface area contributed by atoms with Crippen LogP contribution in [-0.4, -0.2) is 151 Å². The number of nitrogens with zero attached hydrogens (tertiary/aromatic N) is 1. The molecule has 0 bridgehead atoms. The highest BCUT2D eigenvalue weighted by Crippen LogP contribution is 2.37. The lowest BCUT2D eigenvalue weighted by molar-refractivity contribution is -0.344. The van der Waals surface area contributed by atoms with Crippen LogP contribution in [-0.2, 0) is 57.1 Å². The maximum Gasteiger partial charge on any atom is 0.309 e. The molecule has 0 radical (unpaired) electrons. The van der Waals surface area contributed by atoms with Gasteiger partial charge < -0.3 is 62.9 Å². The van der Waals surface area contributed by atoms with Crippen molar-refractivity contribution in [2.75, 3.05) is 21.2 Å². The normalized spacial score (nSPS) is 41.1. The van der Waals surface area contributed by atoms with Crippen LogP contribution in [0.5, 0.6) is 0 Å². The third-order valence-corrected chi connectivity index (χ3v) is 10.9. The van der Waals surface area contributed by atoms with Crippen LogP contribution in [0.3, 0.4) is 0 Å². The van der Waals surface area contributed by atoms with Crippen molar-refractivity contribution in [3.63, 3.8) is 0 Å². The van der Waals surface area contributed by atoms with Gasteiger partial charge in [-0.1, -0.05) is 45.1 Å². The van der Waals surface area contributed by atoms with E-state index in [2.05, 4.69) is 0 Å². The molecule has 3 aliphatic rings. The first-order valence-electron chi connectivity index (χ1n) is 20.1. The molecule has 57 heavy (non-hydrogen) atoms. The molecular formula is C41H67NO15. The second kappa shape index (κ2) is 22.5. The summed E-state index contributed by atoms with van der Waals surface area (Å²) in [5.41, 5.74) is -1.49. The lowest BCUT2D eigenvalue weighted by Gasteiger charge is -2.50. The number of allylic oxidation sites excluding steroid dienone is 2. The van der Waals surface area contributed by atoms with Crippen molar-refractivity contribution in [3.05, 3.63) is 24.3 Å². The number of ether oxygens (including phenoxy) is 8. The first-order valence-corrected chi connectivity index (χ1v) is 20.1. The van der Waals surface area contributed by atoms with Gasteiger partial charge in [0, 0.05) is 39.2 Å². The lowest BCUT2D eigenvalue weighted by atomic mass is 9.82. The summed E-state index contributed by atoms with van der Waals surface area (Å²) in [6, 6.07) is -0.779. The van der Waals surface area contributed by atoms with Gasteiger partial charge in [0.2, 0.25) is 0 Å². The van der Waals surface area contributed by atoms with Gasteiger partial charge in [-0.15, -0.1) is 0 Å². The zero-order chi connectivity index (χ0) is 42.6. The van der Waals surface area contributed by atoms with Gasteiger partial charge in [-0.2, -0.15) is 0 Å². The average Bonchev–Trinajstić information content (AvgIpc) is 3.13. The minimum Gasteiger partial charge on any atom is -0.462 e. The van der Waals surface area contributed by atoms with E-state index in [0.29, 0.717) is 12.7 Å². The Morgan fingerprint density at radius 1 is 0.965 bits per heavy atom. The van der Waals surface area contributed by atoms with Crippen LogP contribution in [0.1, 0.15) is 93.4 Å². The number of carbonyl (C=O) groups is 4. The SMILES string of the molecule is CCC(=O)O[C@@H]1CC(=O)O[C@H](C)C/C=C\C=C\[C@H](O)[C@H](C)C[C@H](CC=O)[C@@H](O[C@@H]2O[C@H](C)[C@@H](O[C@H]3C[C@@](C)(O)[C@@H](OC(=O)CC)[C@H](C)O3)[C@H](N(C)C)[C@H]2O)[C@H]1OC. The Morgan fingerprint density at radius 2 is 1.63 bits per heavy atom. The van der Waals surface area contributed by atoms with E-state index >= 15 is 0 Å². The number of hydrogen-bond donors (Lipinski definition) is 3. The minimum atomic E-state index is -1.49. The monoisotopic (exact) mass is 813 g/mol. The van der Waals surface area contributed by atoms with Gasteiger partial charge >= 0.3 is 17.9 Å². The fraction of sp³-hybridized carbons (Fsp3) is 0.805. The van der Waals surface area contributed by atoms with Crippen molar-refractivity contribution in [3.8, 4) is 0 Å². The van der Waals surface area contributed by atoms with Crippen LogP contribution in [0, 0.1) is 11.8 Å². The molecule has 16 nitrogen and oxygen atoms in total. The quantitative estimate of drug-likeness (QED) is 0.147. The Labute approximate surface area is 337 Å². The van der Waals surface area contributed by atoms with E-state index in [4.69, 9.17) is 37.9 Å². The molecule has 3 rings (SSSR count). The van der Waals surface area contributed by atoms with Crippen LogP contribution in [0.25, 0.3) is 0 Å². The summed E-state index contributed by atoms with van der Waals surface area (Å²) >= 11 is 0. The lowest BCUT2D eigenvalue weighted by Crippen LogP contribution is -2.66. The van der Waals surface area contributed by atoms with Crippen molar-refractivity contribution in [2.45, 2.75) is 179 Å². The Kier molecular flexibility index (Phi) is 19.2. The van der Waals surface area contributed by atoms with E-state index in [9.17, 15) is 34.5 Å². The number of rotatable bonds is 12. The molecule has 3 heterocycles. The largest absolute Gasteiger partial charge is 0.462 e. The van der Waals surface area contributed by atoms with Crippen LogP contribution in [0.4, 0.5) is 0 Å². The summed E-state index contributed by atoms with van der Waals surface area (Å²) in [6.07, 6.45) is -4.08. The molecule has 2 fully saturated rings. The molecule has 326 valence electrons. The van der Waals surface area contributed by atoms with E-state index in [1.165, 1.54) is 7.11 Å². The summed E-state index contributed by atoms with van der Waals surface area (Å²) in [7, 11) is 4.86. The first kappa shape index (κ1) is 48.6. The molecule has 0 spiro atoms. The smallest absolute Gasteiger partial charge is 0.309 e. The van der Waals surface area contributed by atoms with E-state index in [-0.39, 0.29) is 32.1 Å². The summed E-state index contributed by atoms with van der Waals surface area (Å²) in [5.74, 6) is -2.82. The Bertz CT molecular complexity index is 1350. The highest BCUT2D eigenvalue weighted by atomic mass is 16.7. The summed E-state index contributed by atoms with van der Waals surface area (Å²) in [6.45, 7) is 11.8. The summed E-state index contributed by atoms with van der Waals surface area (Å²) < 4.78 is 48.5. The van der Waals surface area contributed by atoms with E-state index in [1.54, 1.807) is 78.8 Å². The summed E-state index contributed by atoms with van der Waals surface area (Å²) in [4.78, 5) is 52.3. The fourth-order valence-corrected chi connectivity index (χ4v) is 7.82. The van der Waals surface area contributed by atoms with Gasteiger partial charge in [-0.25, -0.2) is 0 Å². The average molecular weight is 814 g/mol. The predicted octanol–water partition coefficient (Wildman–Crippen LogP) is 2.77. The highest BCUT2D eigenvalue weighted by molar-refractivity contribution is 5.72. The van der Waals surface area contributed by atoms with E-state index in [0.717, 1.165) is 0 Å². The number of aliphatic hydroxyl groups is 3. The molecule has 0 saturated carbocycles. The molecule has 0 aromatic carbocycles. The molecule has 0 amide bonds. The van der Waals surface area contributed by atoms with E-state index in [1.807, 2.05) is 13.0 Å². The number of hydrogen-bond acceptors (Lipinski definition) is 16. The molecule has 3 aliphatic heterocycles. The molecule has 16 heteroatoms. The number of methoxy groups -OCH3 is 1. The van der Waals surface area contributed by atoms with Gasteiger partial charge in [0.15, 0.2) is 18.7 Å². The first-order chi connectivity index (χ1) is 26.9. The van der Waals surface area contributed by atoms with Crippen LogP contribution in [0.15, 0.2) is 24.3 Å². The van der Waals surface area contributed by atoms with Crippen molar-refractivity contribution >= 4 is 24.2 Å². The number of likely N-dealkylation sites (N-methyl/N-ethyl adjacent to an activating group) is 1. The van der Waals surface area contributed by atoms with Crippen LogP contribution < -0.4 is 0 Å². The minimum absolute atomic E-state index is 0.000633. The highest BCUT2D eigenvalue weighted by Gasteiger charge is 2.53. The van der Waals surface area contributed by atoms with Crippen molar-refractivity contribution in [1.82, 2.24) is 4.90 Å². The van der Waals surface area contributed by atoms with Gasteiger partial charge in [0.1, 0.15) is 42.4 Å². The molecule has 3 N–H and O–H groups in total. The molecule has 16 atom stereocenters. The van der Waals surface area contributed by atoms with Gasteiger partial charge in [-0.3, -0.25) is 14.4 Å². The van der Waals surface area contributed by atoms with Crippen molar-refractivity contribution in [1.29, 1.82) is 0 Å².